The maximum Gasteiger partial charge on any atom is 0.307 e. The van der Waals surface area contributed by atoms with Crippen LogP contribution in [0.15, 0.2) is 17.5 Å². The zero-order chi connectivity index (χ0) is 12.7. The highest BCUT2D eigenvalue weighted by Gasteiger charge is 2.51. The zero-order valence-electron chi connectivity index (χ0n) is 9.91. The van der Waals surface area contributed by atoms with Gasteiger partial charge < -0.3 is 10.0 Å². The van der Waals surface area contributed by atoms with Gasteiger partial charge in [0.05, 0.1) is 18.4 Å². The van der Waals surface area contributed by atoms with Crippen molar-refractivity contribution in [3.05, 3.63) is 22.4 Å². The fourth-order valence-electron chi connectivity index (χ4n) is 2.30. The normalized spacial score (nSPS) is 25.8. The van der Waals surface area contributed by atoms with E-state index in [2.05, 4.69) is 0 Å². The van der Waals surface area contributed by atoms with Crippen LogP contribution in [0.4, 0.5) is 0 Å². The molecule has 1 aromatic rings. The number of carboxylic acids is 1. The Hall–Kier alpha value is -1.36. The van der Waals surface area contributed by atoms with Crippen LogP contribution in [0.25, 0.3) is 0 Å². The Balaban J connectivity index is 1.67. The summed E-state index contributed by atoms with van der Waals surface area (Å²) < 4.78 is 0. The Labute approximate surface area is 109 Å². The number of carboxylic acid groups (broad SMARTS) is 1. The summed E-state index contributed by atoms with van der Waals surface area (Å²) in [4.78, 5) is 26.2. The molecule has 1 amide bonds. The molecule has 0 saturated heterocycles. The summed E-state index contributed by atoms with van der Waals surface area (Å²) >= 11 is 1.64. The molecule has 1 aromatic heterocycles. The van der Waals surface area contributed by atoms with Crippen molar-refractivity contribution < 1.29 is 14.7 Å². The van der Waals surface area contributed by atoms with Gasteiger partial charge in [-0.25, -0.2) is 0 Å². The molecule has 0 unspecified atom stereocenters. The van der Waals surface area contributed by atoms with E-state index in [1.165, 1.54) is 4.88 Å². The number of aliphatic carboxylic acids is 1. The maximum atomic E-state index is 12.3. The smallest absolute Gasteiger partial charge is 0.307 e. The number of hydrogen-bond acceptors (Lipinski definition) is 3. The van der Waals surface area contributed by atoms with Crippen LogP contribution in [-0.4, -0.2) is 27.9 Å². The molecule has 2 atom stereocenters. The molecule has 1 N–H and O–H groups in total. The predicted molar refractivity (Wildman–Crippen MR) is 67.1 cm³/mol. The van der Waals surface area contributed by atoms with Gasteiger partial charge in [-0.1, -0.05) is 6.07 Å². The van der Waals surface area contributed by atoms with E-state index in [1.54, 1.807) is 11.3 Å². The molecule has 5 heteroatoms. The number of rotatable bonds is 5. The molecule has 2 fully saturated rings. The van der Waals surface area contributed by atoms with Crippen LogP contribution in [-0.2, 0) is 16.1 Å². The fraction of sp³-hybridized carbons (Fsp3) is 0.538. The van der Waals surface area contributed by atoms with Crippen molar-refractivity contribution in [2.24, 2.45) is 11.8 Å². The summed E-state index contributed by atoms with van der Waals surface area (Å²) in [6, 6.07) is 4.34. The number of carbonyl (C=O) groups excluding carboxylic acids is 1. The Morgan fingerprint density at radius 3 is 2.67 bits per heavy atom. The van der Waals surface area contributed by atoms with Crippen molar-refractivity contribution in [1.82, 2.24) is 4.90 Å². The second-order valence-corrected chi connectivity index (χ2v) is 6.10. The van der Waals surface area contributed by atoms with Crippen molar-refractivity contribution in [2.45, 2.75) is 31.8 Å². The molecule has 18 heavy (non-hydrogen) atoms. The molecular weight excluding hydrogens is 250 g/mol. The number of amides is 1. The van der Waals surface area contributed by atoms with E-state index in [-0.39, 0.29) is 11.8 Å². The number of thiophene rings is 1. The lowest BCUT2D eigenvalue weighted by Crippen LogP contribution is -2.34. The molecular formula is C13H15NO3S. The van der Waals surface area contributed by atoms with E-state index in [0.717, 1.165) is 12.8 Å². The summed E-state index contributed by atoms with van der Waals surface area (Å²) in [5, 5.41) is 10.9. The Kier molecular flexibility index (Phi) is 2.86. The van der Waals surface area contributed by atoms with Crippen LogP contribution >= 0.6 is 11.3 Å². The highest BCUT2D eigenvalue weighted by Crippen LogP contribution is 2.42. The summed E-state index contributed by atoms with van der Waals surface area (Å²) in [6.45, 7) is 0.643. The largest absolute Gasteiger partial charge is 0.481 e. The first kappa shape index (κ1) is 11.7. The monoisotopic (exact) mass is 265 g/mol. The van der Waals surface area contributed by atoms with Gasteiger partial charge in [-0.2, -0.15) is 0 Å². The molecule has 2 aliphatic rings. The van der Waals surface area contributed by atoms with E-state index >= 15 is 0 Å². The van der Waals surface area contributed by atoms with Crippen LogP contribution in [0.1, 0.15) is 24.1 Å². The summed E-state index contributed by atoms with van der Waals surface area (Å²) in [7, 11) is 0. The summed E-state index contributed by atoms with van der Waals surface area (Å²) in [6.07, 6.45) is 2.63. The third kappa shape index (κ3) is 2.27. The lowest BCUT2D eigenvalue weighted by Gasteiger charge is -2.21. The van der Waals surface area contributed by atoms with E-state index in [1.807, 2.05) is 22.4 Å². The lowest BCUT2D eigenvalue weighted by molar-refractivity contribution is -0.142. The summed E-state index contributed by atoms with van der Waals surface area (Å²) in [5.74, 6) is -1.51. The molecule has 2 saturated carbocycles. The van der Waals surface area contributed by atoms with Gasteiger partial charge in [-0.05, 0) is 30.7 Å². The van der Waals surface area contributed by atoms with E-state index < -0.39 is 11.9 Å². The third-order valence-electron chi connectivity index (χ3n) is 3.60. The second kappa shape index (κ2) is 4.39. The topological polar surface area (TPSA) is 57.6 Å². The Morgan fingerprint density at radius 2 is 2.17 bits per heavy atom. The first-order valence-corrected chi connectivity index (χ1v) is 7.10. The first-order valence-electron chi connectivity index (χ1n) is 6.22. The molecule has 0 radical (unpaired) electrons. The molecule has 3 rings (SSSR count). The van der Waals surface area contributed by atoms with Gasteiger partial charge in [0.15, 0.2) is 0 Å². The third-order valence-corrected chi connectivity index (χ3v) is 4.46. The molecule has 0 aromatic carbocycles. The molecule has 0 spiro atoms. The van der Waals surface area contributed by atoms with E-state index in [0.29, 0.717) is 19.0 Å². The van der Waals surface area contributed by atoms with Crippen LogP contribution < -0.4 is 0 Å². The van der Waals surface area contributed by atoms with E-state index in [9.17, 15) is 9.59 Å². The van der Waals surface area contributed by atoms with Gasteiger partial charge in [0, 0.05) is 10.9 Å². The van der Waals surface area contributed by atoms with Crippen molar-refractivity contribution in [1.29, 1.82) is 0 Å². The minimum atomic E-state index is -0.833. The summed E-state index contributed by atoms with van der Waals surface area (Å²) in [5.41, 5.74) is 0. The minimum absolute atomic E-state index is 0.0401. The van der Waals surface area contributed by atoms with E-state index in [4.69, 9.17) is 5.11 Å². The molecule has 0 bridgehead atoms. The predicted octanol–water partition coefficient (Wildman–Crippen LogP) is 1.96. The van der Waals surface area contributed by atoms with Gasteiger partial charge in [0.1, 0.15) is 0 Å². The molecule has 0 aliphatic heterocycles. The van der Waals surface area contributed by atoms with Crippen molar-refractivity contribution in [3.8, 4) is 0 Å². The van der Waals surface area contributed by atoms with Crippen molar-refractivity contribution >= 4 is 23.2 Å². The number of carbonyl (C=O) groups is 2. The van der Waals surface area contributed by atoms with Crippen LogP contribution in [0.2, 0.25) is 0 Å². The molecule has 96 valence electrons. The standard InChI is InChI=1S/C13H15NO3S/c15-12(10-6-11(10)13(16)17)14(8-3-4-8)7-9-2-1-5-18-9/h1-2,5,8,10-11H,3-4,6-7H2,(H,16,17)/t10-,11+/m1/s1. The number of nitrogens with zero attached hydrogens (tertiary/aromatic N) is 1. The van der Waals surface area contributed by atoms with Gasteiger partial charge in [0.25, 0.3) is 0 Å². The highest BCUT2D eigenvalue weighted by atomic mass is 32.1. The van der Waals surface area contributed by atoms with Crippen LogP contribution in [0.3, 0.4) is 0 Å². The average molecular weight is 265 g/mol. The fourth-order valence-corrected chi connectivity index (χ4v) is 3.00. The quantitative estimate of drug-likeness (QED) is 0.885. The first-order chi connectivity index (χ1) is 8.66. The second-order valence-electron chi connectivity index (χ2n) is 5.06. The minimum Gasteiger partial charge on any atom is -0.481 e. The van der Waals surface area contributed by atoms with Gasteiger partial charge in [-0.15, -0.1) is 11.3 Å². The SMILES string of the molecule is O=C(O)[C@H]1C[C@H]1C(=O)N(Cc1cccs1)C1CC1. The zero-order valence-corrected chi connectivity index (χ0v) is 10.7. The van der Waals surface area contributed by atoms with Gasteiger partial charge in [0.2, 0.25) is 5.91 Å². The van der Waals surface area contributed by atoms with Crippen LogP contribution in [0.5, 0.6) is 0 Å². The average Bonchev–Trinajstić information content (AvgIpc) is 3.24. The van der Waals surface area contributed by atoms with Crippen LogP contribution in [0, 0.1) is 11.8 Å². The van der Waals surface area contributed by atoms with Crippen molar-refractivity contribution in [3.63, 3.8) is 0 Å². The molecule has 4 nitrogen and oxygen atoms in total. The number of hydrogen-bond donors (Lipinski definition) is 1. The molecule has 2 aliphatic carbocycles. The maximum absolute atomic E-state index is 12.3. The lowest BCUT2D eigenvalue weighted by atomic mass is 10.2. The van der Waals surface area contributed by atoms with Gasteiger partial charge in [-0.3, -0.25) is 9.59 Å². The van der Waals surface area contributed by atoms with Gasteiger partial charge >= 0.3 is 5.97 Å². The Bertz CT molecular complexity index is 467. The Morgan fingerprint density at radius 1 is 1.39 bits per heavy atom. The highest BCUT2D eigenvalue weighted by molar-refractivity contribution is 7.09. The molecule has 1 heterocycles. The van der Waals surface area contributed by atoms with Crippen molar-refractivity contribution in [2.75, 3.05) is 0 Å².